The number of alkyl carbamates (subject to hydrolysis) is 1. The Morgan fingerprint density at radius 2 is 1.76 bits per heavy atom. The van der Waals surface area contributed by atoms with Gasteiger partial charge < -0.3 is 23.9 Å². The van der Waals surface area contributed by atoms with Crippen LogP contribution in [0, 0.1) is 0 Å². The molecule has 0 radical (unpaired) electrons. The number of ether oxygens (including phenoxy) is 3. The van der Waals surface area contributed by atoms with Gasteiger partial charge in [0.25, 0.3) is 0 Å². The summed E-state index contributed by atoms with van der Waals surface area (Å²) in [4.78, 5) is 30.0. The Morgan fingerprint density at radius 1 is 1.03 bits per heavy atom. The molecule has 1 amide bonds. The van der Waals surface area contributed by atoms with Crippen molar-refractivity contribution in [1.82, 2.24) is 10.3 Å². The lowest BCUT2D eigenvalue weighted by molar-refractivity contribution is 0.0523. The van der Waals surface area contributed by atoms with E-state index >= 15 is 0 Å². The summed E-state index contributed by atoms with van der Waals surface area (Å²) < 4.78 is 22.4. The lowest BCUT2D eigenvalue weighted by Gasteiger charge is -2.20. The highest BCUT2D eigenvalue weighted by molar-refractivity contribution is 6.32. The van der Waals surface area contributed by atoms with Crippen molar-refractivity contribution in [2.45, 2.75) is 32.9 Å². The average molecular weight is 523 g/mol. The van der Waals surface area contributed by atoms with Gasteiger partial charge in [-0.05, 0) is 74.4 Å². The molecule has 37 heavy (non-hydrogen) atoms. The highest BCUT2D eigenvalue weighted by Gasteiger charge is 2.22. The lowest BCUT2D eigenvalue weighted by Crippen LogP contribution is -2.32. The summed E-state index contributed by atoms with van der Waals surface area (Å²) in [6.07, 6.45) is 2.74. The molecule has 0 aliphatic rings. The molecule has 0 bridgehead atoms. The number of nitrogens with zero attached hydrogens (tertiary/aromatic N) is 1. The molecule has 1 N–H and O–H groups in total. The second kappa shape index (κ2) is 10.5. The fourth-order valence-corrected chi connectivity index (χ4v) is 4.12. The first kappa shape index (κ1) is 26.0. The maximum Gasteiger partial charge on any atom is 0.407 e. The third kappa shape index (κ3) is 5.70. The Hall–Kier alpha value is -4.04. The summed E-state index contributed by atoms with van der Waals surface area (Å²) >= 11 is 6.34. The first-order valence-electron chi connectivity index (χ1n) is 11.5. The maximum atomic E-state index is 13.7. The number of methoxy groups -OCH3 is 2. The molecule has 2 aromatic carbocycles. The predicted octanol–water partition coefficient (Wildman–Crippen LogP) is 6.22. The van der Waals surface area contributed by atoms with Crippen molar-refractivity contribution in [3.8, 4) is 33.9 Å². The van der Waals surface area contributed by atoms with Crippen LogP contribution in [-0.2, 0) is 11.3 Å². The smallest absolute Gasteiger partial charge is 0.407 e. The fourth-order valence-electron chi connectivity index (χ4n) is 3.86. The highest BCUT2D eigenvalue weighted by Crippen LogP contribution is 2.38. The van der Waals surface area contributed by atoms with Gasteiger partial charge in [0.1, 0.15) is 16.9 Å². The van der Waals surface area contributed by atoms with E-state index in [0.29, 0.717) is 38.4 Å². The van der Waals surface area contributed by atoms with Gasteiger partial charge in [0, 0.05) is 30.1 Å². The van der Waals surface area contributed by atoms with Crippen LogP contribution in [-0.4, -0.2) is 30.9 Å². The average Bonchev–Trinajstić information content (AvgIpc) is 2.86. The molecule has 0 spiro atoms. The number of carbonyl (C=O) groups is 1. The van der Waals surface area contributed by atoms with Gasteiger partial charge in [-0.1, -0.05) is 11.6 Å². The quantitative estimate of drug-likeness (QED) is 0.321. The summed E-state index contributed by atoms with van der Waals surface area (Å²) in [6.45, 7) is 5.50. The molecular formula is C28H27ClN2O6. The monoisotopic (exact) mass is 522 g/mol. The zero-order valence-corrected chi connectivity index (χ0v) is 21.9. The van der Waals surface area contributed by atoms with Gasteiger partial charge in [-0.3, -0.25) is 9.78 Å². The van der Waals surface area contributed by atoms with Crippen LogP contribution >= 0.6 is 11.6 Å². The number of pyridine rings is 1. The first-order valence-corrected chi connectivity index (χ1v) is 11.9. The molecule has 0 saturated heterocycles. The second-order valence-corrected chi connectivity index (χ2v) is 9.66. The number of carbonyl (C=O) groups excluding carboxylic acids is 1. The molecule has 8 nitrogen and oxygen atoms in total. The maximum absolute atomic E-state index is 13.7. The third-order valence-electron chi connectivity index (χ3n) is 5.46. The topological polar surface area (TPSA) is 99.9 Å². The number of rotatable bonds is 6. The van der Waals surface area contributed by atoms with Gasteiger partial charge in [-0.15, -0.1) is 0 Å². The normalized spacial score (nSPS) is 11.3. The van der Waals surface area contributed by atoms with E-state index in [0.717, 1.165) is 5.56 Å². The number of fused-ring (bicyclic) bond motifs is 1. The molecule has 0 aliphatic carbocycles. The molecular weight excluding hydrogens is 496 g/mol. The number of hydrogen-bond donors (Lipinski definition) is 1. The minimum absolute atomic E-state index is 0.0339. The van der Waals surface area contributed by atoms with Crippen molar-refractivity contribution in [1.29, 1.82) is 0 Å². The van der Waals surface area contributed by atoms with E-state index in [2.05, 4.69) is 10.3 Å². The summed E-state index contributed by atoms with van der Waals surface area (Å²) in [5.74, 6) is 0.762. The summed E-state index contributed by atoms with van der Waals surface area (Å²) in [5.41, 5.74) is 2.04. The Bertz CT molecular complexity index is 1510. The summed E-state index contributed by atoms with van der Waals surface area (Å²) in [7, 11) is 2.93. The van der Waals surface area contributed by atoms with Crippen molar-refractivity contribution >= 4 is 28.7 Å². The standard InChI is InChI=1S/C28H27ClN2O6/c1-28(2,3)37-27(33)31-15-16-12-19(17-8-10-30-11-9-17)25-20(13-16)23(32)26(35-5)24(36-25)18-6-7-22(34-4)21(29)14-18/h6-14H,15H2,1-5H3,(H,31,33). The van der Waals surface area contributed by atoms with E-state index in [9.17, 15) is 9.59 Å². The van der Waals surface area contributed by atoms with Crippen LogP contribution in [0.5, 0.6) is 11.5 Å². The van der Waals surface area contributed by atoms with Gasteiger partial charge >= 0.3 is 6.09 Å². The van der Waals surface area contributed by atoms with Crippen molar-refractivity contribution < 1.29 is 23.4 Å². The minimum atomic E-state index is -0.634. The molecule has 0 atom stereocenters. The summed E-state index contributed by atoms with van der Waals surface area (Å²) in [5, 5.41) is 3.40. The van der Waals surface area contributed by atoms with Gasteiger partial charge in [0.05, 0.1) is 24.6 Å². The Labute approximate surface area is 219 Å². The molecule has 0 fully saturated rings. The van der Waals surface area contributed by atoms with Gasteiger partial charge in [0.15, 0.2) is 5.76 Å². The molecule has 192 valence electrons. The molecule has 4 aromatic rings. The van der Waals surface area contributed by atoms with Crippen LogP contribution in [0.1, 0.15) is 26.3 Å². The van der Waals surface area contributed by atoms with Crippen molar-refractivity contribution in [2.24, 2.45) is 0 Å². The second-order valence-electron chi connectivity index (χ2n) is 9.25. The zero-order valence-electron chi connectivity index (χ0n) is 21.2. The predicted molar refractivity (Wildman–Crippen MR) is 142 cm³/mol. The molecule has 0 saturated carbocycles. The largest absolute Gasteiger partial charge is 0.495 e. The van der Waals surface area contributed by atoms with Crippen LogP contribution in [0.3, 0.4) is 0 Å². The molecule has 9 heteroatoms. The molecule has 0 aliphatic heterocycles. The van der Waals surface area contributed by atoms with E-state index in [4.69, 9.17) is 30.2 Å². The Kier molecular flexibility index (Phi) is 7.40. The van der Waals surface area contributed by atoms with Gasteiger partial charge in [0.2, 0.25) is 11.2 Å². The van der Waals surface area contributed by atoms with E-state index in [-0.39, 0.29) is 23.5 Å². The number of amides is 1. The lowest BCUT2D eigenvalue weighted by atomic mass is 9.99. The molecule has 0 unspecified atom stereocenters. The summed E-state index contributed by atoms with van der Waals surface area (Å²) in [6, 6.07) is 12.2. The highest BCUT2D eigenvalue weighted by atomic mass is 35.5. The van der Waals surface area contributed by atoms with Crippen LogP contribution < -0.4 is 20.2 Å². The van der Waals surface area contributed by atoms with Gasteiger partial charge in [-0.2, -0.15) is 0 Å². The van der Waals surface area contributed by atoms with E-state index in [1.54, 1.807) is 57.4 Å². The van der Waals surface area contributed by atoms with Crippen molar-refractivity contribution in [2.75, 3.05) is 14.2 Å². The van der Waals surface area contributed by atoms with E-state index in [1.165, 1.54) is 14.2 Å². The van der Waals surface area contributed by atoms with Crippen LogP contribution in [0.2, 0.25) is 5.02 Å². The van der Waals surface area contributed by atoms with Crippen LogP contribution in [0.15, 0.2) is 64.1 Å². The molecule has 2 aromatic heterocycles. The van der Waals surface area contributed by atoms with E-state index in [1.807, 2.05) is 18.2 Å². The minimum Gasteiger partial charge on any atom is -0.495 e. The number of halogens is 1. The number of hydrogen-bond acceptors (Lipinski definition) is 7. The van der Waals surface area contributed by atoms with Gasteiger partial charge in [-0.25, -0.2) is 4.79 Å². The Morgan fingerprint density at radius 3 is 2.38 bits per heavy atom. The van der Waals surface area contributed by atoms with E-state index < -0.39 is 11.7 Å². The third-order valence-corrected chi connectivity index (χ3v) is 5.75. The fraction of sp³-hybridized carbons (Fsp3) is 0.250. The number of aromatic nitrogens is 1. The number of nitrogens with one attached hydrogen (secondary N) is 1. The van der Waals surface area contributed by atoms with Crippen LogP contribution in [0.4, 0.5) is 4.79 Å². The van der Waals surface area contributed by atoms with Crippen LogP contribution in [0.25, 0.3) is 33.4 Å². The zero-order chi connectivity index (χ0) is 26.7. The number of benzene rings is 2. The molecule has 2 heterocycles. The SMILES string of the molecule is COc1ccc(-c2oc3c(-c4ccncc4)cc(CNC(=O)OC(C)(C)C)cc3c(=O)c2OC)cc1Cl. The van der Waals surface area contributed by atoms with Crippen molar-refractivity contribution in [3.05, 3.63) is 75.7 Å². The first-order chi connectivity index (χ1) is 17.6. The van der Waals surface area contributed by atoms with Crippen molar-refractivity contribution in [3.63, 3.8) is 0 Å². The molecule has 4 rings (SSSR count). The Balaban J connectivity index is 1.90.